The number of hydrogen-bond donors (Lipinski definition) is 0. The van der Waals surface area contributed by atoms with Gasteiger partial charge in [-0.3, -0.25) is 0 Å². The van der Waals surface area contributed by atoms with Gasteiger partial charge in [-0.1, -0.05) is 35.1 Å². The zero-order valence-electron chi connectivity index (χ0n) is 12.8. The van der Waals surface area contributed by atoms with Crippen LogP contribution in [0.15, 0.2) is 48.5 Å². The van der Waals surface area contributed by atoms with Gasteiger partial charge in [0.2, 0.25) is 4.96 Å². The number of halogens is 1. The van der Waals surface area contributed by atoms with E-state index in [0.29, 0.717) is 22.4 Å². The molecule has 0 aliphatic carbocycles. The molecule has 0 saturated carbocycles. The van der Waals surface area contributed by atoms with Crippen molar-refractivity contribution in [1.82, 2.24) is 19.8 Å². The lowest BCUT2D eigenvalue weighted by atomic mass is 10.2. The molecule has 1 atom stereocenters. The summed E-state index contributed by atoms with van der Waals surface area (Å²) in [6, 6.07) is 15.1. The van der Waals surface area contributed by atoms with Crippen LogP contribution >= 0.6 is 22.9 Å². The number of aromatic nitrogens is 4. The number of hydrogen-bond acceptors (Lipinski definition) is 6. The Bertz CT molecular complexity index is 1060. The number of nitrogens with zero attached hydrogens (tertiary/aromatic N) is 4. The Balaban J connectivity index is 1.51. The summed E-state index contributed by atoms with van der Waals surface area (Å²) < 4.78 is 13.5. The van der Waals surface area contributed by atoms with Crippen LogP contribution in [0.3, 0.4) is 0 Å². The van der Waals surface area contributed by atoms with Gasteiger partial charge in [0.05, 0.1) is 0 Å². The van der Waals surface area contributed by atoms with Gasteiger partial charge in [-0.15, -0.1) is 10.2 Å². The molecule has 3 heterocycles. The smallest absolute Gasteiger partial charge is 0.235 e. The maximum absolute atomic E-state index is 6.02. The van der Waals surface area contributed by atoms with Crippen molar-refractivity contribution in [2.75, 3.05) is 6.61 Å². The first kappa shape index (κ1) is 14.7. The van der Waals surface area contributed by atoms with Gasteiger partial charge in [-0.05, 0) is 36.4 Å². The van der Waals surface area contributed by atoms with Crippen LogP contribution in [0.2, 0.25) is 5.02 Å². The van der Waals surface area contributed by atoms with Crippen LogP contribution in [0.25, 0.3) is 16.3 Å². The lowest BCUT2D eigenvalue weighted by molar-refractivity contribution is 0.0904. The lowest BCUT2D eigenvalue weighted by Crippen LogP contribution is -2.21. The quantitative estimate of drug-likeness (QED) is 0.533. The SMILES string of the molecule is Clc1ccc(-c2nnc3sc(C4COc5ccccc5O4)nn23)cc1. The number of para-hydroxylation sites is 2. The van der Waals surface area contributed by atoms with Crippen LogP contribution in [0.1, 0.15) is 11.1 Å². The molecule has 0 N–H and O–H groups in total. The molecule has 0 amide bonds. The molecule has 0 spiro atoms. The van der Waals surface area contributed by atoms with E-state index in [2.05, 4.69) is 15.3 Å². The molecule has 0 saturated heterocycles. The van der Waals surface area contributed by atoms with E-state index in [0.717, 1.165) is 22.1 Å². The number of rotatable bonds is 2. The highest BCUT2D eigenvalue weighted by Crippen LogP contribution is 2.37. The molecule has 6 nitrogen and oxygen atoms in total. The van der Waals surface area contributed by atoms with Gasteiger partial charge < -0.3 is 9.47 Å². The largest absolute Gasteiger partial charge is 0.485 e. The van der Waals surface area contributed by atoms with Gasteiger partial charge in [0, 0.05) is 10.6 Å². The van der Waals surface area contributed by atoms with Crippen molar-refractivity contribution in [2.24, 2.45) is 0 Å². The molecule has 0 radical (unpaired) electrons. The normalized spacial score (nSPS) is 16.3. The maximum Gasteiger partial charge on any atom is 0.235 e. The fraction of sp³-hybridized carbons (Fsp3) is 0.118. The van der Waals surface area contributed by atoms with Crippen LogP contribution in [0, 0.1) is 0 Å². The third kappa shape index (κ3) is 2.52. The highest BCUT2D eigenvalue weighted by molar-refractivity contribution is 7.16. The Morgan fingerprint density at radius 3 is 2.68 bits per heavy atom. The molecule has 25 heavy (non-hydrogen) atoms. The van der Waals surface area contributed by atoms with E-state index in [1.54, 1.807) is 4.52 Å². The molecule has 0 fully saturated rings. The predicted molar refractivity (Wildman–Crippen MR) is 94.4 cm³/mol. The Kier molecular flexibility index (Phi) is 3.36. The van der Waals surface area contributed by atoms with Gasteiger partial charge in [0.25, 0.3) is 0 Å². The van der Waals surface area contributed by atoms with Crippen LogP contribution < -0.4 is 9.47 Å². The molecule has 2 aromatic heterocycles. The summed E-state index contributed by atoms with van der Waals surface area (Å²) in [7, 11) is 0. The van der Waals surface area contributed by atoms with E-state index in [1.807, 2.05) is 48.5 Å². The minimum absolute atomic E-state index is 0.264. The highest BCUT2D eigenvalue weighted by Gasteiger charge is 2.27. The first-order valence-corrected chi connectivity index (χ1v) is 8.84. The number of benzene rings is 2. The second-order valence-electron chi connectivity index (χ2n) is 5.53. The third-order valence-corrected chi connectivity index (χ3v) is 5.14. The number of ether oxygens (including phenoxy) is 2. The van der Waals surface area contributed by atoms with Gasteiger partial charge in [0.1, 0.15) is 6.61 Å². The second kappa shape index (κ2) is 5.72. The summed E-state index contributed by atoms with van der Waals surface area (Å²) in [5.74, 6) is 2.15. The molecule has 4 aromatic rings. The third-order valence-electron chi connectivity index (χ3n) is 3.89. The fourth-order valence-electron chi connectivity index (χ4n) is 2.68. The van der Waals surface area contributed by atoms with Crippen LogP contribution in [0.4, 0.5) is 0 Å². The molecule has 1 aliphatic heterocycles. The first-order chi connectivity index (χ1) is 12.3. The van der Waals surface area contributed by atoms with Gasteiger partial charge in [-0.25, -0.2) is 0 Å². The summed E-state index contributed by atoms with van der Waals surface area (Å²) in [6.45, 7) is 0.414. The minimum Gasteiger partial charge on any atom is -0.485 e. The number of fused-ring (bicyclic) bond motifs is 2. The molecule has 124 valence electrons. The predicted octanol–water partition coefficient (Wildman–Crippen LogP) is 4.02. The van der Waals surface area contributed by atoms with Gasteiger partial charge in [0.15, 0.2) is 28.4 Å². The Hall–Kier alpha value is -2.64. The Morgan fingerprint density at radius 2 is 1.84 bits per heavy atom. The zero-order valence-corrected chi connectivity index (χ0v) is 14.4. The zero-order chi connectivity index (χ0) is 16.8. The summed E-state index contributed by atoms with van der Waals surface area (Å²) in [5, 5.41) is 14.6. The van der Waals surface area contributed by atoms with Gasteiger partial charge in [-0.2, -0.15) is 9.61 Å². The lowest BCUT2D eigenvalue weighted by Gasteiger charge is -2.24. The van der Waals surface area contributed by atoms with E-state index in [1.165, 1.54) is 11.3 Å². The van der Waals surface area contributed by atoms with Crippen LogP contribution in [-0.2, 0) is 0 Å². The van der Waals surface area contributed by atoms with E-state index < -0.39 is 0 Å². The van der Waals surface area contributed by atoms with E-state index in [-0.39, 0.29) is 6.10 Å². The summed E-state index contributed by atoms with van der Waals surface area (Å²) in [6.07, 6.45) is -0.264. The second-order valence-corrected chi connectivity index (χ2v) is 6.95. The van der Waals surface area contributed by atoms with Gasteiger partial charge >= 0.3 is 0 Å². The maximum atomic E-state index is 6.02. The molecule has 0 bridgehead atoms. The average molecular weight is 371 g/mol. The average Bonchev–Trinajstić information content (AvgIpc) is 3.23. The Labute approximate surface area is 151 Å². The monoisotopic (exact) mass is 370 g/mol. The first-order valence-electron chi connectivity index (χ1n) is 7.64. The standard InChI is InChI=1S/C17H11ClN4O2S/c18-11-7-5-10(6-8-11)15-19-20-17-22(15)21-16(25-17)14-9-23-12-3-1-2-4-13(12)24-14/h1-8,14H,9H2. The van der Waals surface area contributed by atoms with Crippen LogP contribution in [0.5, 0.6) is 11.5 Å². The molecule has 5 rings (SSSR count). The van der Waals surface area contributed by atoms with Crippen molar-refractivity contribution in [3.8, 4) is 22.9 Å². The summed E-state index contributed by atoms with van der Waals surface area (Å²) >= 11 is 7.40. The van der Waals surface area contributed by atoms with E-state index in [4.69, 9.17) is 21.1 Å². The van der Waals surface area contributed by atoms with Crippen molar-refractivity contribution in [3.05, 3.63) is 58.6 Å². The fourth-order valence-corrected chi connectivity index (χ4v) is 3.66. The topological polar surface area (TPSA) is 61.5 Å². The highest BCUT2D eigenvalue weighted by atomic mass is 35.5. The molecule has 1 unspecified atom stereocenters. The summed E-state index contributed by atoms with van der Waals surface area (Å²) in [5.41, 5.74) is 0.903. The molecule has 1 aliphatic rings. The van der Waals surface area contributed by atoms with E-state index >= 15 is 0 Å². The Morgan fingerprint density at radius 1 is 1.04 bits per heavy atom. The molecule has 2 aromatic carbocycles. The van der Waals surface area contributed by atoms with Crippen molar-refractivity contribution in [1.29, 1.82) is 0 Å². The molecule has 8 heteroatoms. The van der Waals surface area contributed by atoms with Crippen molar-refractivity contribution in [3.63, 3.8) is 0 Å². The van der Waals surface area contributed by atoms with Crippen LogP contribution in [-0.4, -0.2) is 26.4 Å². The minimum atomic E-state index is -0.264. The van der Waals surface area contributed by atoms with Crippen molar-refractivity contribution in [2.45, 2.75) is 6.10 Å². The molecular weight excluding hydrogens is 360 g/mol. The van der Waals surface area contributed by atoms with Crippen molar-refractivity contribution >= 4 is 27.9 Å². The van der Waals surface area contributed by atoms with E-state index in [9.17, 15) is 0 Å². The van der Waals surface area contributed by atoms with Crippen molar-refractivity contribution < 1.29 is 9.47 Å². The molecular formula is C17H11ClN4O2S. The summed E-state index contributed by atoms with van der Waals surface area (Å²) in [4.78, 5) is 0.711.